The van der Waals surface area contributed by atoms with Gasteiger partial charge in [-0.2, -0.15) is 0 Å². The van der Waals surface area contributed by atoms with Gasteiger partial charge < -0.3 is 19.0 Å². The minimum absolute atomic E-state index is 0.0200. The highest BCUT2D eigenvalue weighted by Crippen LogP contribution is 2.16. The van der Waals surface area contributed by atoms with Gasteiger partial charge in [0, 0.05) is 32.8 Å². The molecule has 2 fully saturated rings. The Labute approximate surface area is 149 Å². The predicted molar refractivity (Wildman–Crippen MR) is 92.6 cm³/mol. The highest BCUT2D eigenvalue weighted by molar-refractivity contribution is 5.82. The molecule has 2 amide bonds. The maximum Gasteiger partial charge on any atom is 0.420 e. The van der Waals surface area contributed by atoms with Crippen molar-refractivity contribution in [3.05, 3.63) is 34.8 Å². The van der Waals surface area contributed by atoms with Crippen molar-refractivity contribution in [1.29, 1.82) is 0 Å². The minimum atomic E-state index is -0.535. The summed E-state index contributed by atoms with van der Waals surface area (Å²) in [6.07, 6.45) is 1.37. The van der Waals surface area contributed by atoms with Crippen molar-refractivity contribution in [2.45, 2.75) is 25.5 Å². The number of carbonyl (C=O) groups excluding carboxylic acids is 2. The average Bonchev–Trinajstić information content (AvgIpc) is 3.30. The maximum atomic E-state index is 12.6. The van der Waals surface area contributed by atoms with E-state index in [-0.39, 0.29) is 24.5 Å². The number of para-hydroxylation sites is 2. The quantitative estimate of drug-likeness (QED) is 0.794. The van der Waals surface area contributed by atoms with E-state index in [1.54, 1.807) is 34.1 Å². The van der Waals surface area contributed by atoms with Gasteiger partial charge in [0.05, 0.1) is 5.52 Å². The molecule has 1 aromatic heterocycles. The lowest BCUT2D eigenvalue weighted by Crippen LogP contribution is -2.53. The van der Waals surface area contributed by atoms with Crippen molar-refractivity contribution in [2.24, 2.45) is 0 Å². The number of carbonyl (C=O) groups is 2. The molecule has 0 radical (unpaired) electrons. The van der Waals surface area contributed by atoms with Gasteiger partial charge in [-0.15, -0.1) is 0 Å². The van der Waals surface area contributed by atoms with E-state index in [0.29, 0.717) is 43.9 Å². The SMILES string of the molecule is O=C(Cn1c(=O)oc2ccccc21)N1CCN(C(=O)C2CCCO2)CC1. The Bertz CT molecular complexity index is 872. The van der Waals surface area contributed by atoms with Crippen molar-refractivity contribution >= 4 is 22.9 Å². The van der Waals surface area contributed by atoms with Crippen LogP contribution in [0.4, 0.5) is 0 Å². The molecule has 2 saturated heterocycles. The fourth-order valence-corrected chi connectivity index (χ4v) is 3.55. The largest absolute Gasteiger partial charge is 0.420 e. The van der Waals surface area contributed by atoms with Crippen molar-refractivity contribution in [2.75, 3.05) is 32.8 Å². The van der Waals surface area contributed by atoms with E-state index in [2.05, 4.69) is 0 Å². The first-order valence-corrected chi connectivity index (χ1v) is 8.90. The first-order valence-electron chi connectivity index (χ1n) is 8.90. The Hall–Kier alpha value is -2.61. The fourth-order valence-electron chi connectivity index (χ4n) is 3.55. The molecule has 2 aliphatic heterocycles. The first-order chi connectivity index (χ1) is 12.6. The Morgan fingerprint density at radius 2 is 1.81 bits per heavy atom. The molecule has 1 aromatic carbocycles. The van der Waals surface area contributed by atoms with Crippen molar-refractivity contribution in [3.63, 3.8) is 0 Å². The molecule has 0 saturated carbocycles. The zero-order valence-electron chi connectivity index (χ0n) is 14.4. The van der Waals surface area contributed by atoms with Crippen LogP contribution in [0.3, 0.4) is 0 Å². The molecule has 8 heteroatoms. The minimum Gasteiger partial charge on any atom is -0.408 e. The van der Waals surface area contributed by atoms with Gasteiger partial charge >= 0.3 is 5.76 Å². The summed E-state index contributed by atoms with van der Waals surface area (Å²) in [5, 5.41) is 0. The Kier molecular flexibility index (Phi) is 4.50. The van der Waals surface area contributed by atoms with Crippen molar-refractivity contribution in [1.82, 2.24) is 14.4 Å². The van der Waals surface area contributed by atoms with Gasteiger partial charge in [0.15, 0.2) is 5.58 Å². The molecule has 0 spiro atoms. The smallest absolute Gasteiger partial charge is 0.408 e. The van der Waals surface area contributed by atoms with Crippen LogP contribution in [-0.2, 0) is 20.9 Å². The molecule has 138 valence electrons. The molecular weight excluding hydrogens is 338 g/mol. The van der Waals surface area contributed by atoms with Gasteiger partial charge in [-0.1, -0.05) is 12.1 Å². The molecule has 26 heavy (non-hydrogen) atoms. The van der Waals surface area contributed by atoms with Crippen LogP contribution >= 0.6 is 0 Å². The normalized spacial score (nSPS) is 20.7. The Morgan fingerprint density at radius 1 is 1.08 bits per heavy atom. The summed E-state index contributed by atoms with van der Waals surface area (Å²) in [4.78, 5) is 40.4. The lowest BCUT2D eigenvalue weighted by Gasteiger charge is -2.35. The number of oxazole rings is 1. The molecule has 1 atom stereocenters. The summed E-state index contributed by atoms with van der Waals surface area (Å²) >= 11 is 0. The number of ether oxygens (including phenoxy) is 1. The zero-order valence-corrected chi connectivity index (χ0v) is 14.4. The van der Waals surface area contributed by atoms with Crippen LogP contribution in [0.15, 0.2) is 33.5 Å². The number of fused-ring (bicyclic) bond motifs is 1. The van der Waals surface area contributed by atoms with Gasteiger partial charge in [-0.3, -0.25) is 14.2 Å². The van der Waals surface area contributed by atoms with Crippen LogP contribution in [0.25, 0.3) is 11.1 Å². The summed E-state index contributed by atoms with van der Waals surface area (Å²) in [6, 6.07) is 7.04. The van der Waals surface area contributed by atoms with E-state index in [9.17, 15) is 14.4 Å². The van der Waals surface area contributed by atoms with Gasteiger partial charge in [0.25, 0.3) is 5.91 Å². The molecular formula is C18H21N3O5. The third kappa shape index (κ3) is 3.12. The van der Waals surface area contributed by atoms with E-state index < -0.39 is 5.76 Å². The highest BCUT2D eigenvalue weighted by Gasteiger charge is 2.31. The lowest BCUT2D eigenvalue weighted by atomic mass is 10.2. The fraction of sp³-hybridized carbons (Fsp3) is 0.500. The van der Waals surface area contributed by atoms with Gasteiger partial charge in [0.2, 0.25) is 5.91 Å². The van der Waals surface area contributed by atoms with E-state index in [0.717, 1.165) is 12.8 Å². The number of rotatable bonds is 3. The van der Waals surface area contributed by atoms with Crippen LogP contribution in [0.2, 0.25) is 0 Å². The number of hydrogen-bond acceptors (Lipinski definition) is 5. The predicted octanol–water partition coefficient (Wildman–Crippen LogP) is 0.444. The summed E-state index contributed by atoms with van der Waals surface area (Å²) in [7, 11) is 0. The molecule has 2 aromatic rings. The Balaban J connectivity index is 1.38. The van der Waals surface area contributed by atoms with Crippen LogP contribution in [0, 0.1) is 0 Å². The second kappa shape index (κ2) is 6.95. The third-order valence-electron chi connectivity index (χ3n) is 5.02. The molecule has 1 unspecified atom stereocenters. The standard InChI is InChI=1S/C18H21N3O5/c22-16(12-21-13-4-1-2-5-14(13)26-18(21)24)19-7-9-20(10-8-19)17(23)15-6-3-11-25-15/h1-2,4-5,15H,3,6-12H2. The second-order valence-electron chi connectivity index (χ2n) is 6.63. The summed E-state index contributed by atoms with van der Waals surface area (Å²) in [6.45, 7) is 2.48. The number of hydrogen-bond donors (Lipinski definition) is 0. The van der Waals surface area contributed by atoms with Crippen LogP contribution in [0.1, 0.15) is 12.8 Å². The van der Waals surface area contributed by atoms with Crippen LogP contribution in [0.5, 0.6) is 0 Å². The van der Waals surface area contributed by atoms with E-state index >= 15 is 0 Å². The molecule has 0 aliphatic carbocycles. The molecule has 3 heterocycles. The average molecular weight is 359 g/mol. The number of piperazine rings is 1. The monoisotopic (exact) mass is 359 g/mol. The van der Waals surface area contributed by atoms with E-state index in [1.807, 2.05) is 0 Å². The number of nitrogens with zero attached hydrogens (tertiary/aromatic N) is 3. The summed E-state index contributed by atoms with van der Waals surface area (Å²) < 4.78 is 12.0. The number of amides is 2. The third-order valence-corrected chi connectivity index (χ3v) is 5.02. The first kappa shape index (κ1) is 16.8. The van der Waals surface area contributed by atoms with Crippen LogP contribution in [-0.4, -0.2) is 65.1 Å². The van der Waals surface area contributed by atoms with Gasteiger partial charge in [0.1, 0.15) is 12.6 Å². The van der Waals surface area contributed by atoms with Gasteiger partial charge in [-0.25, -0.2) is 4.79 Å². The summed E-state index contributed by atoms with van der Waals surface area (Å²) in [5.74, 6) is -0.665. The number of benzene rings is 1. The molecule has 4 rings (SSSR count). The lowest BCUT2D eigenvalue weighted by molar-refractivity contribution is -0.146. The Morgan fingerprint density at radius 3 is 2.54 bits per heavy atom. The second-order valence-corrected chi connectivity index (χ2v) is 6.63. The van der Waals surface area contributed by atoms with Crippen molar-refractivity contribution in [3.8, 4) is 0 Å². The van der Waals surface area contributed by atoms with Gasteiger partial charge in [-0.05, 0) is 25.0 Å². The van der Waals surface area contributed by atoms with E-state index in [4.69, 9.17) is 9.15 Å². The molecule has 0 bridgehead atoms. The zero-order chi connectivity index (χ0) is 18.1. The molecule has 8 nitrogen and oxygen atoms in total. The van der Waals surface area contributed by atoms with Crippen LogP contribution < -0.4 is 5.76 Å². The maximum absolute atomic E-state index is 12.6. The summed E-state index contributed by atoms with van der Waals surface area (Å²) in [5.41, 5.74) is 1.08. The molecule has 2 aliphatic rings. The number of aromatic nitrogens is 1. The van der Waals surface area contributed by atoms with E-state index in [1.165, 1.54) is 4.57 Å². The topological polar surface area (TPSA) is 85.0 Å². The molecule has 0 N–H and O–H groups in total. The van der Waals surface area contributed by atoms with Crippen molar-refractivity contribution < 1.29 is 18.7 Å². The highest BCUT2D eigenvalue weighted by atomic mass is 16.5.